The summed E-state index contributed by atoms with van der Waals surface area (Å²) < 4.78 is 7.36. The Morgan fingerprint density at radius 3 is 2.83 bits per heavy atom. The van der Waals surface area contributed by atoms with Crippen LogP contribution in [0.1, 0.15) is 43.2 Å². The standard InChI is InChI=1S/C22H24N4O2S2/c1-3-4-12-28-20(27)18-15(2)23-21-24-22(30-14-16-9-6-5-7-10-16)25-26(21)19(18)17-11-8-13-29-17/h5-11,13,19H,3-4,12,14H2,1-2H3,(H,23,24,25). The predicted molar refractivity (Wildman–Crippen MR) is 121 cm³/mol. The highest BCUT2D eigenvalue weighted by molar-refractivity contribution is 7.98. The Morgan fingerprint density at radius 2 is 2.10 bits per heavy atom. The molecular weight excluding hydrogens is 416 g/mol. The zero-order chi connectivity index (χ0) is 20.9. The van der Waals surface area contributed by atoms with E-state index in [1.807, 2.05) is 47.3 Å². The van der Waals surface area contributed by atoms with Crippen molar-refractivity contribution >= 4 is 35.0 Å². The third kappa shape index (κ3) is 4.44. The predicted octanol–water partition coefficient (Wildman–Crippen LogP) is 5.26. The van der Waals surface area contributed by atoms with E-state index in [0.717, 1.165) is 29.2 Å². The van der Waals surface area contributed by atoms with E-state index < -0.39 is 0 Å². The van der Waals surface area contributed by atoms with Gasteiger partial charge in [-0.1, -0.05) is 61.5 Å². The second-order valence-corrected chi connectivity index (χ2v) is 8.93. The van der Waals surface area contributed by atoms with E-state index in [2.05, 4.69) is 29.4 Å². The van der Waals surface area contributed by atoms with Gasteiger partial charge in [0.05, 0.1) is 12.2 Å². The molecule has 1 aliphatic heterocycles. The number of rotatable bonds is 8. The van der Waals surface area contributed by atoms with Crippen molar-refractivity contribution in [3.8, 4) is 0 Å². The van der Waals surface area contributed by atoms with Gasteiger partial charge in [-0.15, -0.1) is 16.4 Å². The maximum atomic E-state index is 12.9. The summed E-state index contributed by atoms with van der Waals surface area (Å²) in [5, 5.41) is 10.7. The molecule has 2 aromatic heterocycles. The number of allylic oxidation sites excluding steroid dienone is 1. The molecule has 0 saturated carbocycles. The van der Waals surface area contributed by atoms with Crippen LogP contribution in [0.15, 0.2) is 64.3 Å². The number of hydrogen-bond donors (Lipinski definition) is 1. The summed E-state index contributed by atoms with van der Waals surface area (Å²) in [4.78, 5) is 18.6. The molecule has 0 spiro atoms. The lowest BCUT2D eigenvalue weighted by Crippen LogP contribution is -2.29. The van der Waals surface area contributed by atoms with Crippen LogP contribution in [0.2, 0.25) is 0 Å². The third-order valence-electron chi connectivity index (χ3n) is 4.81. The molecule has 1 N–H and O–H groups in total. The maximum absolute atomic E-state index is 12.9. The first-order chi connectivity index (χ1) is 14.7. The van der Waals surface area contributed by atoms with Gasteiger partial charge < -0.3 is 10.1 Å². The molecule has 0 fully saturated rings. The molecule has 1 aliphatic rings. The van der Waals surface area contributed by atoms with Gasteiger partial charge in [0.25, 0.3) is 0 Å². The normalized spacial score (nSPS) is 15.6. The summed E-state index contributed by atoms with van der Waals surface area (Å²) in [5.41, 5.74) is 2.56. The van der Waals surface area contributed by atoms with Crippen LogP contribution in [0.5, 0.6) is 0 Å². The molecule has 1 unspecified atom stereocenters. The van der Waals surface area contributed by atoms with Gasteiger partial charge in [-0.05, 0) is 30.4 Å². The molecule has 0 radical (unpaired) electrons. The van der Waals surface area contributed by atoms with E-state index in [1.54, 1.807) is 23.1 Å². The molecule has 4 rings (SSSR count). The number of hydrogen-bond acceptors (Lipinski definition) is 7. The topological polar surface area (TPSA) is 69.0 Å². The minimum atomic E-state index is -0.339. The molecule has 6 nitrogen and oxygen atoms in total. The van der Waals surface area contributed by atoms with E-state index in [0.29, 0.717) is 23.3 Å². The van der Waals surface area contributed by atoms with Crippen LogP contribution in [-0.4, -0.2) is 27.3 Å². The number of ether oxygens (including phenoxy) is 1. The number of anilines is 1. The van der Waals surface area contributed by atoms with Crippen molar-refractivity contribution in [3.63, 3.8) is 0 Å². The molecule has 8 heteroatoms. The summed E-state index contributed by atoms with van der Waals surface area (Å²) in [6.45, 7) is 4.39. The van der Waals surface area contributed by atoms with Crippen molar-refractivity contribution in [1.82, 2.24) is 14.8 Å². The first-order valence-electron chi connectivity index (χ1n) is 9.99. The Bertz CT molecular complexity index is 1030. The largest absolute Gasteiger partial charge is 0.462 e. The van der Waals surface area contributed by atoms with E-state index in [9.17, 15) is 4.79 Å². The van der Waals surface area contributed by atoms with E-state index in [4.69, 9.17) is 9.84 Å². The summed E-state index contributed by atoms with van der Waals surface area (Å²) in [7, 11) is 0. The van der Waals surface area contributed by atoms with Crippen molar-refractivity contribution in [1.29, 1.82) is 0 Å². The fraction of sp³-hybridized carbons (Fsp3) is 0.318. The van der Waals surface area contributed by atoms with Crippen molar-refractivity contribution in [2.45, 2.75) is 43.6 Å². The van der Waals surface area contributed by atoms with Crippen LogP contribution in [0.4, 0.5) is 5.95 Å². The van der Waals surface area contributed by atoms with Crippen LogP contribution >= 0.6 is 23.1 Å². The Labute approximate surface area is 184 Å². The number of carbonyl (C=O) groups excluding carboxylic acids is 1. The number of carbonyl (C=O) groups is 1. The van der Waals surface area contributed by atoms with Crippen molar-refractivity contribution in [3.05, 3.63) is 69.6 Å². The molecule has 0 bridgehead atoms. The first-order valence-corrected chi connectivity index (χ1v) is 11.9. The Morgan fingerprint density at radius 1 is 1.27 bits per heavy atom. The molecular formula is C22H24N4O2S2. The van der Waals surface area contributed by atoms with Crippen LogP contribution in [0.25, 0.3) is 0 Å². The SMILES string of the molecule is CCCCOC(=O)C1=C(C)Nc2nc(SCc3ccccc3)nn2C1c1cccs1. The Balaban J connectivity index is 1.61. The number of nitrogens with one attached hydrogen (secondary N) is 1. The number of unbranched alkanes of at least 4 members (excludes halogenated alkanes) is 1. The minimum absolute atomic E-state index is 0.300. The molecule has 3 aromatic rings. The van der Waals surface area contributed by atoms with Crippen LogP contribution in [0, 0.1) is 0 Å². The Hall–Kier alpha value is -2.58. The van der Waals surface area contributed by atoms with Crippen LogP contribution < -0.4 is 5.32 Å². The van der Waals surface area contributed by atoms with E-state index in [-0.39, 0.29) is 12.0 Å². The molecule has 30 heavy (non-hydrogen) atoms. The van der Waals surface area contributed by atoms with Crippen molar-refractivity contribution in [2.75, 3.05) is 11.9 Å². The summed E-state index contributed by atoms with van der Waals surface area (Å²) in [5.74, 6) is 1.13. The minimum Gasteiger partial charge on any atom is -0.462 e. The molecule has 1 atom stereocenters. The first kappa shape index (κ1) is 20.7. The van der Waals surface area contributed by atoms with Gasteiger partial charge in [-0.2, -0.15) is 4.98 Å². The fourth-order valence-corrected chi connectivity index (χ4v) is 4.88. The second-order valence-electron chi connectivity index (χ2n) is 7.01. The van der Waals surface area contributed by atoms with Crippen LogP contribution in [-0.2, 0) is 15.3 Å². The number of thiophene rings is 1. The number of aromatic nitrogens is 3. The molecule has 0 aliphatic carbocycles. The lowest BCUT2D eigenvalue weighted by molar-refractivity contribution is -0.139. The average molecular weight is 441 g/mol. The van der Waals surface area contributed by atoms with Crippen LogP contribution in [0.3, 0.4) is 0 Å². The molecule has 0 amide bonds. The molecule has 156 valence electrons. The highest BCUT2D eigenvalue weighted by Gasteiger charge is 2.35. The number of nitrogens with zero attached hydrogens (tertiary/aromatic N) is 3. The zero-order valence-electron chi connectivity index (χ0n) is 17.0. The lowest BCUT2D eigenvalue weighted by Gasteiger charge is -2.27. The third-order valence-corrected chi connectivity index (χ3v) is 6.64. The zero-order valence-corrected chi connectivity index (χ0v) is 18.6. The van der Waals surface area contributed by atoms with E-state index in [1.165, 1.54) is 5.56 Å². The van der Waals surface area contributed by atoms with E-state index >= 15 is 0 Å². The number of benzene rings is 1. The van der Waals surface area contributed by atoms with Gasteiger partial charge >= 0.3 is 5.97 Å². The second kappa shape index (κ2) is 9.49. The number of thioether (sulfide) groups is 1. The summed E-state index contributed by atoms with van der Waals surface area (Å²) >= 11 is 3.18. The monoisotopic (exact) mass is 440 g/mol. The maximum Gasteiger partial charge on any atom is 0.338 e. The van der Waals surface area contributed by atoms with Crippen molar-refractivity contribution in [2.24, 2.45) is 0 Å². The fourth-order valence-electron chi connectivity index (χ4n) is 3.28. The smallest absolute Gasteiger partial charge is 0.338 e. The lowest BCUT2D eigenvalue weighted by atomic mass is 10.0. The van der Waals surface area contributed by atoms with Crippen molar-refractivity contribution < 1.29 is 9.53 Å². The highest BCUT2D eigenvalue weighted by atomic mass is 32.2. The quantitative estimate of drug-likeness (QED) is 0.293. The van der Waals surface area contributed by atoms with Gasteiger partial charge in [0, 0.05) is 16.3 Å². The summed E-state index contributed by atoms with van der Waals surface area (Å²) in [6, 6.07) is 13.9. The highest BCUT2D eigenvalue weighted by Crippen LogP contribution is 2.38. The van der Waals surface area contributed by atoms with Gasteiger partial charge in [0.1, 0.15) is 6.04 Å². The molecule has 0 saturated heterocycles. The molecule has 1 aromatic carbocycles. The Kier molecular flexibility index (Phi) is 6.54. The average Bonchev–Trinajstić information content (AvgIpc) is 3.42. The number of esters is 1. The van der Waals surface area contributed by atoms with Gasteiger partial charge in [-0.3, -0.25) is 0 Å². The van der Waals surface area contributed by atoms with Gasteiger partial charge in [0.2, 0.25) is 11.1 Å². The van der Waals surface area contributed by atoms with Gasteiger partial charge in [-0.25, -0.2) is 9.48 Å². The summed E-state index contributed by atoms with van der Waals surface area (Å²) in [6.07, 6.45) is 1.83. The van der Waals surface area contributed by atoms with Gasteiger partial charge in [0.15, 0.2) is 0 Å². The molecule has 3 heterocycles. The number of fused-ring (bicyclic) bond motifs is 1.